The molecule has 93 heavy (non-hydrogen) atoms. The van der Waals surface area contributed by atoms with Crippen molar-refractivity contribution in [2.75, 3.05) is 0 Å². The van der Waals surface area contributed by atoms with Gasteiger partial charge >= 0.3 is 0 Å². The lowest BCUT2D eigenvalue weighted by molar-refractivity contribution is 0.660. The summed E-state index contributed by atoms with van der Waals surface area (Å²) >= 11 is 0. The lowest BCUT2D eigenvalue weighted by atomic mass is 9.82. The smallest absolute Gasteiger partial charge is 0.164 e. The fourth-order valence-corrected chi connectivity index (χ4v) is 14.6. The highest BCUT2D eigenvalue weighted by Gasteiger charge is 2.35. The van der Waals surface area contributed by atoms with E-state index in [1.807, 2.05) is 24.3 Å². The van der Waals surface area contributed by atoms with Crippen LogP contribution in [-0.2, 0) is 5.41 Å². The van der Waals surface area contributed by atoms with Gasteiger partial charge in [-0.15, -0.1) is 0 Å². The normalized spacial score (nSPS) is 14.1. The van der Waals surface area contributed by atoms with Gasteiger partial charge in [-0.05, 0) is 135 Å². The Morgan fingerprint density at radius 3 is 1.54 bits per heavy atom. The minimum Gasteiger partial charge on any atom is -0.310 e. The van der Waals surface area contributed by atoms with E-state index in [1.54, 1.807) is 0 Å². The summed E-state index contributed by atoms with van der Waals surface area (Å²) in [7, 11) is 0. The molecule has 12 aromatic carbocycles. The first kappa shape index (κ1) is 54.0. The molecule has 18 rings (SSSR count). The summed E-state index contributed by atoms with van der Waals surface area (Å²) in [5.74, 6) is 2.77. The molecule has 0 amide bonds. The second-order valence-electron chi connectivity index (χ2n) is 25.1. The third-order valence-corrected chi connectivity index (χ3v) is 19.3. The largest absolute Gasteiger partial charge is 0.310 e. The molecule has 7 nitrogen and oxygen atoms in total. The van der Waals surface area contributed by atoms with Gasteiger partial charge in [0.05, 0.1) is 33.3 Å². The first-order chi connectivity index (χ1) is 45.8. The fourth-order valence-electron chi connectivity index (χ4n) is 14.6. The number of para-hydroxylation sites is 3. The van der Waals surface area contributed by atoms with E-state index in [1.165, 1.54) is 66.0 Å². The van der Waals surface area contributed by atoms with E-state index in [0.29, 0.717) is 17.5 Å². The maximum Gasteiger partial charge on any atom is 0.164 e. The molecule has 0 saturated heterocycles. The topological polar surface area (TPSA) is 74.3 Å². The Morgan fingerprint density at radius 1 is 0.333 bits per heavy atom. The number of fused-ring (bicyclic) bond motifs is 10. The molecule has 0 saturated carbocycles. The van der Waals surface area contributed by atoms with Crippen LogP contribution in [0.15, 0.2) is 303 Å². The van der Waals surface area contributed by atoms with Gasteiger partial charge in [0, 0.05) is 71.9 Å². The average Bonchev–Trinajstić information content (AvgIpc) is 1.62. The number of rotatable bonds is 10. The third-order valence-electron chi connectivity index (χ3n) is 19.3. The molecule has 2 aliphatic carbocycles. The van der Waals surface area contributed by atoms with Crippen molar-refractivity contribution >= 4 is 60.2 Å². The zero-order valence-electron chi connectivity index (χ0n) is 51.3. The van der Waals surface area contributed by atoms with Gasteiger partial charge in [-0.3, -0.25) is 0 Å². The molecule has 16 aromatic rings. The molecule has 0 bridgehead atoms. The van der Waals surface area contributed by atoms with Crippen molar-refractivity contribution in [3.8, 4) is 95.6 Å². The van der Waals surface area contributed by atoms with Crippen LogP contribution in [0.2, 0.25) is 0 Å². The molecule has 4 aromatic heterocycles. The van der Waals surface area contributed by atoms with Crippen molar-refractivity contribution in [2.45, 2.75) is 31.6 Å². The molecular weight excluding hydrogens is 1130 g/mol. The van der Waals surface area contributed by atoms with Crippen LogP contribution >= 0.6 is 0 Å². The van der Waals surface area contributed by atoms with Gasteiger partial charge in [-0.25, -0.2) is 24.9 Å². The highest BCUT2D eigenvalue weighted by atomic mass is 15.0. The van der Waals surface area contributed by atoms with Crippen molar-refractivity contribution in [3.63, 3.8) is 0 Å². The minimum absolute atomic E-state index is 0.0502. The van der Waals surface area contributed by atoms with Crippen LogP contribution in [0.4, 0.5) is 0 Å². The van der Waals surface area contributed by atoms with Crippen LogP contribution in [0.25, 0.3) is 156 Å². The second-order valence-corrected chi connectivity index (χ2v) is 25.1. The molecule has 1 unspecified atom stereocenters. The first-order valence-corrected chi connectivity index (χ1v) is 32.0. The van der Waals surface area contributed by atoms with E-state index < -0.39 is 0 Å². The summed E-state index contributed by atoms with van der Waals surface area (Å²) in [6.07, 6.45) is 7.69. The van der Waals surface area contributed by atoms with Gasteiger partial charge in [0.25, 0.3) is 0 Å². The Kier molecular flexibility index (Phi) is 12.6. The van der Waals surface area contributed by atoms with Gasteiger partial charge < -0.3 is 9.13 Å². The van der Waals surface area contributed by atoms with Crippen LogP contribution < -0.4 is 0 Å². The predicted octanol–water partition coefficient (Wildman–Crippen LogP) is 21.6. The molecule has 0 aliphatic heterocycles. The van der Waals surface area contributed by atoms with Crippen LogP contribution in [0.3, 0.4) is 0 Å². The number of hydrogen-bond donors (Lipinski definition) is 0. The lowest BCUT2D eigenvalue weighted by Gasteiger charge is -2.21. The van der Waals surface area contributed by atoms with E-state index >= 15 is 0 Å². The summed E-state index contributed by atoms with van der Waals surface area (Å²) in [5, 5.41) is 5.92. The predicted molar refractivity (Wildman–Crippen MR) is 383 cm³/mol. The molecular formula is C86H59N7. The summed E-state index contributed by atoms with van der Waals surface area (Å²) < 4.78 is 4.82. The molecule has 0 radical (unpaired) electrons. The summed E-state index contributed by atoms with van der Waals surface area (Å²) in [4.78, 5) is 25.8. The van der Waals surface area contributed by atoms with Crippen LogP contribution in [0.1, 0.15) is 43.1 Å². The number of allylic oxidation sites excluding steroid dienone is 4. The van der Waals surface area contributed by atoms with Crippen molar-refractivity contribution in [2.24, 2.45) is 0 Å². The third kappa shape index (κ3) is 9.14. The molecule has 4 heterocycles. The molecule has 0 N–H and O–H groups in total. The molecule has 2 aliphatic rings. The second kappa shape index (κ2) is 21.6. The lowest BCUT2D eigenvalue weighted by Crippen LogP contribution is -2.14. The molecule has 438 valence electrons. The number of aromatic nitrogens is 7. The van der Waals surface area contributed by atoms with Gasteiger partial charge in [0.1, 0.15) is 5.82 Å². The van der Waals surface area contributed by atoms with Crippen molar-refractivity contribution in [1.29, 1.82) is 0 Å². The van der Waals surface area contributed by atoms with Gasteiger partial charge in [0.2, 0.25) is 0 Å². The zero-order valence-corrected chi connectivity index (χ0v) is 51.3. The standard InChI is InChI=1S/C86H59N7/c1-86(2)74-31-13-9-27-67(74)71-51-61(41-46-75(71)86)59-23-17-25-64(49-59)85-90-83(56-21-7-4-8-22-56)89-84(91-85)57-37-35-54(36-38-57)60-24-18-26-66(50-60)93-78-34-16-12-29-69(78)73-53-63(43-48-80(73)93)62-42-47-79-72(52-62)68-28-11-15-33-77(68)92(79)65-44-39-58(40-45-65)82-87-76-32-14-10-30-70(76)81(88-82)55-19-5-3-6-20-55/h3-39,41-53,58H,40H2,1-2H3. The zero-order chi connectivity index (χ0) is 61.7. The number of benzene rings is 12. The van der Waals surface area contributed by atoms with E-state index in [4.69, 9.17) is 24.9 Å². The van der Waals surface area contributed by atoms with Crippen LogP contribution in [-0.4, -0.2) is 34.1 Å². The van der Waals surface area contributed by atoms with Crippen molar-refractivity contribution < 1.29 is 0 Å². The first-order valence-electron chi connectivity index (χ1n) is 32.0. The van der Waals surface area contributed by atoms with E-state index in [9.17, 15) is 0 Å². The highest BCUT2D eigenvalue weighted by Crippen LogP contribution is 2.50. The molecule has 1 atom stereocenters. The van der Waals surface area contributed by atoms with Gasteiger partial charge in [0.15, 0.2) is 17.5 Å². The maximum absolute atomic E-state index is 5.23. The average molecular weight is 1190 g/mol. The minimum atomic E-state index is -0.0539. The fraction of sp³-hybridized carbons (Fsp3) is 0.0581. The van der Waals surface area contributed by atoms with Crippen molar-refractivity contribution in [1.82, 2.24) is 34.1 Å². The van der Waals surface area contributed by atoms with Gasteiger partial charge in [-0.1, -0.05) is 244 Å². The number of nitrogens with zero attached hydrogens (tertiary/aromatic N) is 7. The summed E-state index contributed by atoms with van der Waals surface area (Å²) in [5.41, 5.74) is 24.8. The molecule has 7 heteroatoms. The Morgan fingerprint density at radius 2 is 0.828 bits per heavy atom. The summed E-state index contributed by atoms with van der Waals surface area (Å²) in [6, 6.07) is 102. The Balaban J connectivity index is 0.646. The van der Waals surface area contributed by atoms with Crippen LogP contribution in [0, 0.1) is 0 Å². The molecule has 0 fully saturated rings. The quantitative estimate of drug-likeness (QED) is 0.136. The SMILES string of the molecule is CC1(C)c2ccccc2-c2cc(-c3cccc(-c4nc(-c5ccccc5)nc(-c5ccc(-c6cccc(-n7c8ccccc8c8cc(-c9ccc%10c(c9)c9ccccc9n%10C9=CCC(c%10nc(-c%11ccccc%11)c%11ccccc%11n%10)C=C9)ccc87)c6)cc5)n4)c3)ccc21. The van der Waals surface area contributed by atoms with E-state index in [0.717, 1.165) is 95.8 Å². The Hall–Kier alpha value is -11.9. The Bertz CT molecular complexity index is 5750. The Labute approximate surface area is 538 Å². The number of hydrogen-bond acceptors (Lipinski definition) is 5. The monoisotopic (exact) mass is 1190 g/mol. The van der Waals surface area contributed by atoms with Crippen LogP contribution in [0.5, 0.6) is 0 Å². The highest BCUT2D eigenvalue weighted by molar-refractivity contribution is 6.13. The van der Waals surface area contributed by atoms with E-state index in [2.05, 4.69) is 302 Å². The van der Waals surface area contributed by atoms with E-state index in [-0.39, 0.29) is 11.3 Å². The van der Waals surface area contributed by atoms with Crippen molar-refractivity contribution in [3.05, 3.63) is 320 Å². The summed E-state index contributed by atoms with van der Waals surface area (Å²) in [6.45, 7) is 4.65. The maximum atomic E-state index is 5.23. The molecule has 0 spiro atoms. The van der Waals surface area contributed by atoms with Gasteiger partial charge in [-0.2, -0.15) is 0 Å².